The molecule has 144 valence electrons. The third-order valence-corrected chi connectivity index (χ3v) is 4.37. The standard InChI is InChI=1S/C21H18N6O2/c1-29-20-7-6-15(13-23-25-21(28)16-8-10-22-11-9-16)12-17(20)14-27-19-5-3-2-4-18(19)24-26-27/h2-13H,14H2,1H3,(H,25,28)/b23-13+. The zero-order valence-corrected chi connectivity index (χ0v) is 15.7. The van der Waals surface area contributed by atoms with E-state index in [9.17, 15) is 4.79 Å². The van der Waals surface area contributed by atoms with Crippen LogP contribution in [0, 0.1) is 0 Å². The molecule has 29 heavy (non-hydrogen) atoms. The van der Waals surface area contributed by atoms with Gasteiger partial charge in [-0.15, -0.1) is 5.10 Å². The minimum absolute atomic E-state index is 0.300. The summed E-state index contributed by atoms with van der Waals surface area (Å²) in [6.45, 7) is 0.495. The first-order chi connectivity index (χ1) is 14.2. The Morgan fingerprint density at radius 3 is 2.83 bits per heavy atom. The number of carbonyl (C=O) groups is 1. The van der Waals surface area contributed by atoms with Crippen molar-refractivity contribution in [2.45, 2.75) is 6.54 Å². The van der Waals surface area contributed by atoms with Gasteiger partial charge in [0.25, 0.3) is 5.91 Å². The fraction of sp³-hybridized carbons (Fsp3) is 0.0952. The number of amides is 1. The van der Waals surface area contributed by atoms with Crippen LogP contribution in [0.3, 0.4) is 0 Å². The fourth-order valence-electron chi connectivity index (χ4n) is 2.93. The van der Waals surface area contributed by atoms with Crippen LogP contribution in [0.1, 0.15) is 21.5 Å². The van der Waals surface area contributed by atoms with Crippen LogP contribution in [-0.2, 0) is 6.54 Å². The number of para-hydroxylation sites is 1. The largest absolute Gasteiger partial charge is 0.496 e. The van der Waals surface area contributed by atoms with Gasteiger partial charge in [0.2, 0.25) is 0 Å². The van der Waals surface area contributed by atoms with E-state index in [2.05, 4.69) is 25.8 Å². The van der Waals surface area contributed by atoms with Crippen molar-refractivity contribution >= 4 is 23.2 Å². The predicted octanol–water partition coefficient (Wildman–Crippen LogP) is 2.65. The zero-order valence-electron chi connectivity index (χ0n) is 15.7. The second-order valence-electron chi connectivity index (χ2n) is 6.24. The summed E-state index contributed by atoms with van der Waals surface area (Å²) in [5.41, 5.74) is 6.52. The van der Waals surface area contributed by atoms with Crippen molar-refractivity contribution in [1.29, 1.82) is 0 Å². The number of methoxy groups -OCH3 is 1. The molecule has 4 rings (SSSR count). The number of nitrogens with one attached hydrogen (secondary N) is 1. The highest BCUT2D eigenvalue weighted by atomic mass is 16.5. The summed E-state index contributed by atoms with van der Waals surface area (Å²) in [7, 11) is 1.63. The molecule has 8 heteroatoms. The smallest absolute Gasteiger partial charge is 0.271 e. The molecule has 2 aromatic heterocycles. The highest BCUT2D eigenvalue weighted by molar-refractivity contribution is 5.94. The van der Waals surface area contributed by atoms with Gasteiger partial charge in [-0.1, -0.05) is 17.3 Å². The molecule has 0 aliphatic heterocycles. The normalized spacial score (nSPS) is 11.1. The van der Waals surface area contributed by atoms with Crippen LogP contribution in [0.2, 0.25) is 0 Å². The van der Waals surface area contributed by atoms with Crippen LogP contribution >= 0.6 is 0 Å². The molecule has 0 fully saturated rings. The minimum Gasteiger partial charge on any atom is -0.496 e. The molecule has 0 bridgehead atoms. The van der Waals surface area contributed by atoms with Gasteiger partial charge in [0.1, 0.15) is 11.3 Å². The number of fused-ring (bicyclic) bond motifs is 1. The summed E-state index contributed by atoms with van der Waals surface area (Å²) in [4.78, 5) is 15.9. The summed E-state index contributed by atoms with van der Waals surface area (Å²) in [5.74, 6) is 0.439. The highest BCUT2D eigenvalue weighted by Gasteiger charge is 2.09. The first kappa shape index (κ1) is 18.3. The Morgan fingerprint density at radius 2 is 2.00 bits per heavy atom. The topological polar surface area (TPSA) is 94.3 Å². The Morgan fingerprint density at radius 1 is 1.17 bits per heavy atom. The minimum atomic E-state index is -0.300. The van der Waals surface area contributed by atoms with Crippen molar-refractivity contribution in [3.8, 4) is 5.75 Å². The summed E-state index contributed by atoms with van der Waals surface area (Å²) in [6.07, 6.45) is 4.70. The highest BCUT2D eigenvalue weighted by Crippen LogP contribution is 2.22. The van der Waals surface area contributed by atoms with Gasteiger partial charge >= 0.3 is 0 Å². The van der Waals surface area contributed by atoms with Gasteiger partial charge in [-0.2, -0.15) is 5.10 Å². The van der Waals surface area contributed by atoms with Crippen LogP contribution in [0.15, 0.2) is 72.1 Å². The molecule has 8 nitrogen and oxygen atoms in total. The number of ether oxygens (including phenoxy) is 1. The van der Waals surface area contributed by atoms with Crippen molar-refractivity contribution in [3.63, 3.8) is 0 Å². The molecule has 0 aliphatic carbocycles. The maximum Gasteiger partial charge on any atom is 0.271 e. The number of hydrogen-bond donors (Lipinski definition) is 1. The number of carbonyl (C=O) groups excluding carboxylic acids is 1. The molecule has 0 unspecified atom stereocenters. The van der Waals surface area contributed by atoms with Crippen LogP contribution in [-0.4, -0.2) is 39.2 Å². The zero-order chi connectivity index (χ0) is 20.1. The number of pyridine rings is 1. The molecule has 0 saturated carbocycles. The average Bonchev–Trinajstić information content (AvgIpc) is 3.17. The van der Waals surface area contributed by atoms with Crippen molar-refractivity contribution < 1.29 is 9.53 Å². The Labute approximate surface area is 166 Å². The van der Waals surface area contributed by atoms with Crippen molar-refractivity contribution in [2.75, 3.05) is 7.11 Å². The van der Waals surface area contributed by atoms with E-state index < -0.39 is 0 Å². The van der Waals surface area contributed by atoms with E-state index in [1.54, 1.807) is 37.9 Å². The molecule has 2 heterocycles. The number of rotatable bonds is 6. The lowest BCUT2D eigenvalue weighted by molar-refractivity contribution is 0.0955. The van der Waals surface area contributed by atoms with E-state index in [1.165, 1.54) is 0 Å². The molecule has 2 aromatic carbocycles. The molecule has 0 saturated heterocycles. The number of hydrogen-bond acceptors (Lipinski definition) is 6. The van der Waals surface area contributed by atoms with E-state index >= 15 is 0 Å². The molecule has 0 aliphatic rings. The number of nitrogens with zero attached hydrogens (tertiary/aromatic N) is 5. The SMILES string of the molecule is COc1ccc(/C=N/NC(=O)c2ccncc2)cc1Cn1nnc2ccccc21. The Kier molecular flexibility index (Phi) is 5.24. The maximum atomic E-state index is 12.0. The lowest BCUT2D eigenvalue weighted by Gasteiger charge is -2.10. The fourth-order valence-corrected chi connectivity index (χ4v) is 2.93. The quantitative estimate of drug-likeness (QED) is 0.406. The van der Waals surface area contributed by atoms with Gasteiger partial charge in [0, 0.05) is 23.5 Å². The summed E-state index contributed by atoms with van der Waals surface area (Å²) in [5, 5.41) is 12.5. The third-order valence-electron chi connectivity index (χ3n) is 4.37. The molecule has 0 spiro atoms. The van der Waals surface area contributed by atoms with Gasteiger partial charge in [-0.05, 0) is 48.0 Å². The Balaban J connectivity index is 1.53. The molecular formula is C21H18N6O2. The van der Waals surface area contributed by atoms with Crippen molar-refractivity contribution in [3.05, 3.63) is 83.7 Å². The third kappa shape index (κ3) is 4.11. The van der Waals surface area contributed by atoms with Crippen LogP contribution in [0.25, 0.3) is 11.0 Å². The first-order valence-corrected chi connectivity index (χ1v) is 8.93. The van der Waals surface area contributed by atoms with Gasteiger partial charge in [-0.25, -0.2) is 10.1 Å². The second kappa shape index (κ2) is 8.30. The Hall–Kier alpha value is -4.07. The maximum absolute atomic E-state index is 12.0. The molecular weight excluding hydrogens is 368 g/mol. The van der Waals surface area contributed by atoms with Gasteiger partial charge in [0.15, 0.2) is 0 Å². The molecule has 1 amide bonds. The Bertz CT molecular complexity index is 1170. The van der Waals surface area contributed by atoms with Crippen LogP contribution in [0.5, 0.6) is 5.75 Å². The van der Waals surface area contributed by atoms with E-state index in [0.717, 1.165) is 27.9 Å². The summed E-state index contributed by atoms with van der Waals surface area (Å²) < 4.78 is 7.30. The monoisotopic (exact) mass is 386 g/mol. The average molecular weight is 386 g/mol. The van der Waals surface area contributed by atoms with Crippen LogP contribution < -0.4 is 10.2 Å². The van der Waals surface area contributed by atoms with E-state index in [-0.39, 0.29) is 5.91 Å². The van der Waals surface area contributed by atoms with Gasteiger partial charge in [-0.3, -0.25) is 9.78 Å². The number of hydrazone groups is 1. The molecule has 4 aromatic rings. The van der Waals surface area contributed by atoms with Crippen LogP contribution in [0.4, 0.5) is 0 Å². The van der Waals surface area contributed by atoms with Gasteiger partial charge < -0.3 is 4.74 Å². The summed E-state index contributed by atoms with van der Waals surface area (Å²) >= 11 is 0. The van der Waals surface area contributed by atoms with Crippen molar-refractivity contribution in [2.24, 2.45) is 5.10 Å². The predicted molar refractivity (Wildman–Crippen MR) is 109 cm³/mol. The first-order valence-electron chi connectivity index (χ1n) is 8.93. The number of aromatic nitrogens is 4. The lowest BCUT2D eigenvalue weighted by atomic mass is 10.1. The lowest BCUT2D eigenvalue weighted by Crippen LogP contribution is -2.17. The van der Waals surface area contributed by atoms with E-state index in [0.29, 0.717) is 12.1 Å². The molecule has 1 N–H and O–H groups in total. The van der Waals surface area contributed by atoms with E-state index in [4.69, 9.17) is 4.74 Å². The number of benzene rings is 2. The van der Waals surface area contributed by atoms with E-state index in [1.807, 2.05) is 47.1 Å². The van der Waals surface area contributed by atoms with Crippen molar-refractivity contribution in [1.82, 2.24) is 25.4 Å². The van der Waals surface area contributed by atoms with Gasteiger partial charge in [0.05, 0.1) is 25.4 Å². The summed E-state index contributed by atoms with van der Waals surface area (Å²) in [6, 6.07) is 16.7. The molecule has 0 atom stereocenters. The second-order valence-corrected chi connectivity index (χ2v) is 6.24. The molecule has 0 radical (unpaired) electrons.